The summed E-state index contributed by atoms with van der Waals surface area (Å²) in [4.78, 5) is 15.2. The quantitative estimate of drug-likeness (QED) is 0.482. The van der Waals surface area contributed by atoms with Gasteiger partial charge < -0.3 is 14.4 Å². The molecule has 33 heavy (non-hydrogen) atoms. The minimum atomic E-state index is 0.220. The number of carbonyl (C=O) groups is 1. The first-order chi connectivity index (χ1) is 16.2. The number of amides is 1. The van der Waals surface area contributed by atoms with Crippen LogP contribution in [0.5, 0.6) is 11.5 Å². The van der Waals surface area contributed by atoms with Crippen molar-refractivity contribution in [2.45, 2.75) is 82.0 Å². The molecule has 1 aromatic heterocycles. The van der Waals surface area contributed by atoms with E-state index in [1.807, 2.05) is 18.2 Å². The number of methoxy groups -OCH3 is 2. The third kappa shape index (κ3) is 5.31. The molecule has 8 heteroatoms. The molecule has 180 valence electrons. The summed E-state index contributed by atoms with van der Waals surface area (Å²) in [6.45, 7) is 3.06. The molecule has 2 fully saturated rings. The topological polar surface area (TPSA) is 69.5 Å². The molecule has 4 rings (SSSR count). The number of rotatable bonds is 8. The molecular formula is C25H36N4O3S. The van der Waals surface area contributed by atoms with Gasteiger partial charge in [0.05, 0.1) is 20.0 Å². The van der Waals surface area contributed by atoms with E-state index in [1.165, 1.54) is 37.4 Å². The number of benzene rings is 1. The van der Waals surface area contributed by atoms with Crippen LogP contribution in [0.2, 0.25) is 0 Å². The van der Waals surface area contributed by atoms with Crippen molar-refractivity contribution in [3.05, 3.63) is 18.2 Å². The Kier molecular flexibility index (Phi) is 8.17. The molecule has 2 heterocycles. The maximum absolute atomic E-state index is 13.1. The van der Waals surface area contributed by atoms with Crippen LogP contribution in [-0.2, 0) is 4.79 Å². The molecule has 0 spiro atoms. The lowest BCUT2D eigenvalue weighted by atomic mass is 9.95. The Labute approximate surface area is 201 Å². The molecule has 7 nitrogen and oxygen atoms in total. The average Bonchev–Trinajstić information content (AvgIpc) is 3.31. The molecule has 1 saturated heterocycles. The lowest BCUT2D eigenvalue weighted by Gasteiger charge is -2.35. The highest BCUT2D eigenvalue weighted by Crippen LogP contribution is 2.38. The number of ether oxygens (including phenoxy) is 2. The largest absolute Gasteiger partial charge is 0.493 e. The van der Waals surface area contributed by atoms with Crippen molar-refractivity contribution in [3.63, 3.8) is 0 Å². The fourth-order valence-electron chi connectivity index (χ4n) is 5.18. The SMILES string of the molecule is CCC1CCCCN1C(=O)CSc1nnc(-c2ccc(OC)c(OC)c2)n1C1CCCCC1. The van der Waals surface area contributed by atoms with Crippen LogP contribution in [-0.4, -0.2) is 58.1 Å². The molecular weight excluding hydrogens is 436 g/mol. The number of hydrogen-bond donors (Lipinski definition) is 0. The summed E-state index contributed by atoms with van der Waals surface area (Å²) in [5.74, 6) is 2.83. The van der Waals surface area contributed by atoms with Crippen LogP contribution in [0, 0.1) is 0 Å². The van der Waals surface area contributed by atoms with Crippen LogP contribution in [0.1, 0.15) is 70.8 Å². The molecule has 2 aliphatic rings. The number of piperidine rings is 1. The minimum absolute atomic E-state index is 0.220. The number of hydrogen-bond acceptors (Lipinski definition) is 6. The third-order valence-electron chi connectivity index (χ3n) is 6.99. The standard InChI is InChI=1S/C25H36N4O3S/c1-4-19-10-8-9-15-28(19)23(30)17-33-25-27-26-24(29(25)20-11-6-5-7-12-20)18-13-14-21(31-2)22(16-18)32-3/h13-14,16,19-20H,4-12,15,17H2,1-3H3. The van der Waals surface area contributed by atoms with Gasteiger partial charge in [-0.1, -0.05) is 37.9 Å². The number of thioether (sulfide) groups is 1. The van der Waals surface area contributed by atoms with Gasteiger partial charge >= 0.3 is 0 Å². The van der Waals surface area contributed by atoms with E-state index in [-0.39, 0.29) is 5.91 Å². The second kappa shape index (κ2) is 11.3. The number of likely N-dealkylation sites (tertiary alicyclic amines) is 1. The third-order valence-corrected chi connectivity index (χ3v) is 7.92. The van der Waals surface area contributed by atoms with Crippen LogP contribution in [0.3, 0.4) is 0 Å². The maximum atomic E-state index is 13.1. The Morgan fingerprint density at radius 3 is 2.52 bits per heavy atom. The normalized spacial score (nSPS) is 19.5. The highest BCUT2D eigenvalue weighted by molar-refractivity contribution is 7.99. The summed E-state index contributed by atoms with van der Waals surface area (Å²) >= 11 is 1.53. The van der Waals surface area contributed by atoms with Gasteiger partial charge in [0.25, 0.3) is 0 Å². The molecule has 2 aromatic rings. The van der Waals surface area contributed by atoms with E-state index in [4.69, 9.17) is 9.47 Å². The van der Waals surface area contributed by atoms with Crippen molar-refractivity contribution in [1.82, 2.24) is 19.7 Å². The van der Waals surface area contributed by atoms with E-state index in [0.717, 1.165) is 55.2 Å². The predicted octanol–water partition coefficient (Wildman–Crippen LogP) is 5.35. The van der Waals surface area contributed by atoms with Crippen molar-refractivity contribution >= 4 is 17.7 Å². The van der Waals surface area contributed by atoms with Gasteiger partial charge in [0.2, 0.25) is 5.91 Å². The van der Waals surface area contributed by atoms with E-state index in [0.29, 0.717) is 29.3 Å². The number of nitrogens with zero attached hydrogens (tertiary/aromatic N) is 4. The highest BCUT2D eigenvalue weighted by atomic mass is 32.2. The van der Waals surface area contributed by atoms with E-state index in [9.17, 15) is 4.79 Å². The van der Waals surface area contributed by atoms with Crippen molar-refractivity contribution in [2.75, 3.05) is 26.5 Å². The first-order valence-electron chi connectivity index (χ1n) is 12.3. The van der Waals surface area contributed by atoms with E-state index < -0.39 is 0 Å². The Morgan fingerprint density at radius 2 is 1.79 bits per heavy atom. The van der Waals surface area contributed by atoms with Gasteiger partial charge in [0.1, 0.15) is 0 Å². The predicted molar refractivity (Wildman–Crippen MR) is 131 cm³/mol. The van der Waals surface area contributed by atoms with Gasteiger partial charge in [0.15, 0.2) is 22.5 Å². The Bertz CT molecular complexity index is 942. The summed E-state index contributed by atoms with van der Waals surface area (Å²) in [5.41, 5.74) is 0.950. The van der Waals surface area contributed by atoms with E-state index >= 15 is 0 Å². The van der Waals surface area contributed by atoms with Gasteiger partial charge in [-0.15, -0.1) is 10.2 Å². The van der Waals surface area contributed by atoms with E-state index in [1.54, 1.807) is 14.2 Å². The fourth-order valence-corrected chi connectivity index (χ4v) is 6.07. The monoisotopic (exact) mass is 472 g/mol. The average molecular weight is 473 g/mol. The molecule has 1 unspecified atom stereocenters. The first kappa shape index (κ1) is 23.9. The maximum Gasteiger partial charge on any atom is 0.233 e. The zero-order valence-corrected chi connectivity index (χ0v) is 20.9. The Balaban J connectivity index is 1.59. The number of carbonyl (C=O) groups excluding carboxylic acids is 1. The molecule has 0 N–H and O–H groups in total. The van der Waals surface area contributed by atoms with Gasteiger partial charge in [-0.2, -0.15) is 0 Å². The van der Waals surface area contributed by atoms with Gasteiger partial charge in [-0.05, 0) is 56.7 Å². The zero-order chi connectivity index (χ0) is 23.2. The van der Waals surface area contributed by atoms with Crippen LogP contribution in [0.25, 0.3) is 11.4 Å². The molecule has 1 aromatic carbocycles. The highest BCUT2D eigenvalue weighted by Gasteiger charge is 2.28. The summed E-state index contributed by atoms with van der Waals surface area (Å²) in [7, 11) is 3.28. The second-order valence-electron chi connectivity index (χ2n) is 8.97. The van der Waals surface area contributed by atoms with E-state index in [2.05, 4.69) is 26.6 Å². The van der Waals surface area contributed by atoms with Crippen LogP contribution in [0.4, 0.5) is 0 Å². The molecule has 1 atom stereocenters. The molecule has 0 radical (unpaired) electrons. The van der Waals surface area contributed by atoms with Gasteiger partial charge in [-0.25, -0.2) is 0 Å². The van der Waals surface area contributed by atoms with Crippen LogP contribution >= 0.6 is 11.8 Å². The van der Waals surface area contributed by atoms with Gasteiger partial charge in [-0.3, -0.25) is 9.36 Å². The summed E-state index contributed by atoms with van der Waals surface area (Å²) < 4.78 is 13.2. The fraction of sp³-hybridized carbons (Fsp3) is 0.640. The lowest BCUT2D eigenvalue weighted by Crippen LogP contribution is -2.44. The van der Waals surface area contributed by atoms with Crippen molar-refractivity contribution in [3.8, 4) is 22.9 Å². The minimum Gasteiger partial charge on any atom is -0.493 e. The summed E-state index contributed by atoms with van der Waals surface area (Å²) in [6, 6.07) is 6.61. The summed E-state index contributed by atoms with van der Waals surface area (Å²) in [5, 5.41) is 9.98. The smallest absolute Gasteiger partial charge is 0.233 e. The van der Waals surface area contributed by atoms with Crippen LogP contribution < -0.4 is 9.47 Å². The first-order valence-corrected chi connectivity index (χ1v) is 13.2. The molecule has 1 saturated carbocycles. The molecule has 1 aliphatic heterocycles. The van der Waals surface area contributed by atoms with Crippen LogP contribution in [0.15, 0.2) is 23.4 Å². The Morgan fingerprint density at radius 1 is 1.03 bits per heavy atom. The Hall–Kier alpha value is -2.22. The molecule has 0 bridgehead atoms. The van der Waals surface area contributed by atoms with Gasteiger partial charge in [0, 0.05) is 24.2 Å². The number of aromatic nitrogens is 3. The van der Waals surface area contributed by atoms with Crippen molar-refractivity contribution < 1.29 is 14.3 Å². The van der Waals surface area contributed by atoms with Crippen molar-refractivity contribution in [2.24, 2.45) is 0 Å². The van der Waals surface area contributed by atoms with Crippen molar-refractivity contribution in [1.29, 1.82) is 0 Å². The lowest BCUT2D eigenvalue weighted by molar-refractivity contribution is -0.132. The molecule has 1 aliphatic carbocycles. The summed E-state index contributed by atoms with van der Waals surface area (Å²) in [6.07, 6.45) is 10.4. The second-order valence-corrected chi connectivity index (χ2v) is 9.91. The molecule has 1 amide bonds. The zero-order valence-electron chi connectivity index (χ0n) is 20.1.